The first-order chi connectivity index (χ1) is 15.3. The summed E-state index contributed by atoms with van der Waals surface area (Å²) in [5.41, 5.74) is 0.795. The van der Waals surface area contributed by atoms with E-state index in [0.29, 0.717) is 28.0 Å². The molecule has 3 rings (SSSR count). The Hall–Kier alpha value is -3.43. The zero-order valence-electron chi connectivity index (χ0n) is 17.5. The van der Waals surface area contributed by atoms with E-state index in [9.17, 15) is 13.2 Å². The van der Waals surface area contributed by atoms with Crippen molar-refractivity contribution in [3.63, 3.8) is 0 Å². The van der Waals surface area contributed by atoms with Gasteiger partial charge in [-0.15, -0.1) is 0 Å². The first-order valence-corrected chi connectivity index (χ1v) is 11.1. The molecule has 168 valence electrons. The highest BCUT2D eigenvalue weighted by molar-refractivity contribution is 7.92. The fourth-order valence-corrected chi connectivity index (χ4v) is 4.16. The lowest BCUT2D eigenvalue weighted by Crippen LogP contribution is -2.16. The molecule has 3 aromatic carbocycles. The molecule has 0 unspecified atom stereocenters. The van der Waals surface area contributed by atoms with E-state index >= 15 is 0 Å². The van der Waals surface area contributed by atoms with Crippen LogP contribution in [-0.2, 0) is 10.0 Å². The van der Waals surface area contributed by atoms with Crippen molar-refractivity contribution in [3.8, 4) is 17.2 Å². The Balaban J connectivity index is 1.84. The molecule has 0 aromatic heterocycles. The molecule has 0 saturated heterocycles. The summed E-state index contributed by atoms with van der Waals surface area (Å²) < 4.78 is 43.8. The highest BCUT2D eigenvalue weighted by Gasteiger charge is 2.19. The molecule has 3 aromatic rings. The summed E-state index contributed by atoms with van der Waals surface area (Å²) in [4.78, 5) is 12.6. The molecule has 10 heteroatoms. The van der Waals surface area contributed by atoms with Gasteiger partial charge in [0.05, 0.1) is 31.9 Å². The predicted octanol–water partition coefficient (Wildman–Crippen LogP) is 4.42. The van der Waals surface area contributed by atoms with Crippen molar-refractivity contribution in [2.45, 2.75) is 4.90 Å². The molecule has 0 atom stereocenters. The second kappa shape index (κ2) is 9.80. The third-order valence-electron chi connectivity index (χ3n) is 4.45. The smallest absolute Gasteiger partial charge is 0.262 e. The average Bonchev–Trinajstić information content (AvgIpc) is 2.79. The number of nitrogens with one attached hydrogen (secondary N) is 2. The maximum absolute atomic E-state index is 12.9. The Morgan fingerprint density at radius 1 is 0.844 bits per heavy atom. The van der Waals surface area contributed by atoms with Crippen LogP contribution in [0.4, 0.5) is 11.4 Å². The van der Waals surface area contributed by atoms with Crippen molar-refractivity contribution < 1.29 is 27.4 Å². The number of carbonyl (C=O) groups excluding carboxylic acids is 1. The molecule has 0 aliphatic rings. The third-order valence-corrected chi connectivity index (χ3v) is 6.05. The number of hydrogen-bond acceptors (Lipinski definition) is 6. The normalized spacial score (nSPS) is 10.9. The first kappa shape index (κ1) is 23.2. The maximum atomic E-state index is 12.9. The molecular weight excluding hydrogens is 456 g/mol. The highest BCUT2D eigenvalue weighted by atomic mass is 35.5. The summed E-state index contributed by atoms with van der Waals surface area (Å²) in [6.45, 7) is 0. The van der Waals surface area contributed by atoms with Gasteiger partial charge >= 0.3 is 0 Å². The maximum Gasteiger partial charge on any atom is 0.262 e. The molecule has 0 aliphatic carbocycles. The SMILES string of the molecule is COc1ccc(Cl)cc1NS(=O)(=O)c1cccc(C(=O)Nc2ccc(OC)c(OC)c2)c1. The molecule has 8 nitrogen and oxygen atoms in total. The van der Waals surface area contributed by atoms with Gasteiger partial charge in [0, 0.05) is 22.3 Å². The van der Waals surface area contributed by atoms with Gasteiger partial charge in [-0.2, -0.15) is 0 Å². The quantitative estimate of drug-likeness (QED) is 0.499. The van der Waals surface area contributed by atoms with Gasteiger partial charge in [-0.1, -0.05) is 17.7 Å². The molecule has 32 heavy (non-hydrogen) atoms. The molecule has 2 N–H and O–H groups in total. The summed E-state index contributed by atoms with van der Waals surface area (Å²) >= 11 is 5.97. The Bertz CT molecular complexity index is 1250. The number of rotatable bonds is 8. The Labute approximate surface area is 191 Å². The Morgan fingerprint density at radius 3 is 2.22 bits per heavy atom. The molecule has 0 bridgehead atoms. The minimum Gasteiger partial charge on any atom is -0.495 e. The molecule has 0 fully saturated rings. The van der Waals surface area contributed by atoms with Crippen LogP contribution in [0.15, 0.2) is 65.6 Å². The summed E-state index contributed by atoms with van der Waals surface area (Å²) in [6, 6.07) is 15.1. The predicted molar refractivity (Wildman–Crippen MR) is 123 cm³/mol. The van der Waals surface area contributed by atoms with Crippen molar-refractivity contribution in [1.29, 1.82) is 0 Å². The van der Waals surface area contributed by atoms with Crippen LogP contribution < -0.4 is 24.2 Å². The number of hydrogen-bond donors (Lipinski definition) is 2. The lowest BCUT2D eigenvalue weighted by Gasteiger charge is -2.13. The van der Waals surface area contributed by atoms with Crippen molar-refractivity contribution in [2.24, 2.45) is 0 Å². The minimum absolute atomic E-state index is 0.0977. The summed E-state index contributed by atoms with van der Waals surface area (Å²) in [5, 5.41) is 3.05. The van der Waals surface area contributed by atoms with E-state index in [-0.39, 0.29) is 16.1 Å². The van der Waals surface area contributed by atoms with Crippen molar-refractivity contribution in [1.82, 2.24) is 0 Å². The number of methoxy groups -OCH3 is 3. The van der Waals surface area contributed by atoms with Gasteiger partial charge in [-0.25, -0.2) is 8.42 Å². The fraction of sp³-hybridized carbons (Fsp3) is 0.136. The van der Waals surface area contributed by atoms with Crippen LogP contribution in [0, 0.1) is 0 Å². The summed E-state index contributed by atoms with van der Waals surface area (Å²) in [6.07, 6.45) is 0. The average molecular weight is 477 g/mol. The van der Waals surface area contributed by atoms with Crippen LogP contribution >= 0.6 is 11.6 Å². The van der Waals surface area contributed by atoms with E-state index in [0.717, 1.165) is 0 Å². The fourth-order valence-electron chi connectivity index (χ4n) is 2.89. The van der Waals surface area contributed by atoms with E-state index in [2.05, 4.69) is 10.0 Å². The van der Waals surface area contributed by atoms with Crippen LogP contribution in [-0.4, -0.2) is 35.7 Å². The first-order valence-electron chi connectivity index (χ1n) is 9.27. The number of benzene rings is 3. The highest BCUT2D eigenvalue weighted by Crippen LogP contribution is 2.31. The van der Waals surface area contributed by atoms with E-state index in [1.807, 2.05) is 0 Å². The molecule has 0 radical (unpaired) electrons. The molecule has 1 amide bonds. The number of ether oxygens (including phenoxy) is 3. The van der Waals surface area contributed by atoms with Gasteiger partial charge in [0.2, 0.25) is 0 Å². The van der Waals surface area contributed by atoms with Crippen LogP contribution in [0.3, 0.4) is 0 Å². The van der Waals surface area contributed by atoms with Crippen molar-refractivity contribution in [3.05, 3.63) is 71.2 Å². The monoisotopic (exact) mass is 476 g/mol. The van der Waals surface area contributed by atoms with Crippen LogP contribution in [0.5, 0.6) is 17.2 Å². The van der Waals surface area contributed by atoms with Gasteiger partial charge in [-0.05, 0) is 48.5 Å². The molecule has 0 saturated carbocycles. The molecule has 0 aliphatic heterocycles. The van der Waals surface area contributed by atoms with E-state index in [1.165, 1.54) is 51.7 Å². The number of amides is 1. The Morgan fingerprint density at radius 2 is 1.53 bits per heavy atom. The van der Waals surface area contributed by atoms with Gasteiger partial charge in [0.1, 0.15) is 5.75 Å². The molecular formula is C22H21ClN2O6S. The summed E-state index contributed by atoms with van der Waals surface area (Å²) in [5.74, 6) is 0.775. The van der Waals surface area contributed by atoms with E-state index in [1.54, 1.807) is 30.3 Å². The number of carbonyl (C=O) groups is 1. The lowest BCUT2D eigenvalue weighted by molar-refractivity contribution is 0.102. The number of sulfonamides is 1. The Kier molecular flexibility index (Phi) is 7.12. The van der Waals surface area contributed by atoms with E-state index in [4.69, 9.17) is 25.8 Å². The van der Waals surface area contributed by atoms with Crippen LogP contribution in [0.2, 0.25) is 5.02 Å². The third kappa shape index (κ3) is 5.24. The van der Waals surface area contributed by atoms with Crippen molar-refractivity contribution >= 4 is 38.9 Å². The van der Waals surface area contributed by atoms with Gasteiger partial charge < -0.3 is 19.5 Å². The van der Waals surface area contributed by atoms with E-state index < -0.39 is 15.9 Å². The molecule has 0 spiro atoms. The second-order valence-electron chi connectivity index (χ2n) is 6.50. The number of halogens is 1. The standard InChI is InChI=1S/C22H21ClN2O6S/c1-29-19-9-7-15(23)12-18(19)25-32(27,28)17-6-4-5-14(11-17)22(26)24-16-8-10-20(30-2)21(13-16)31-3/h4-13,25H,1-3H3,(H,24,26). The molecule has 0 heterocycles. The largest absolute Gasteiger partial charge is 0.495 e. The minimum atomic E-state index is -4.02. The zero-order valence-corrected chi connectivity index (χ0v) is 19.1. The zero-order chi connectivity index (χ0) is 23.3. The number of anilines is 2. The van der Waals surface area contributed by atoms with Crippen LogP contribution in [0.1, 0.15) is 10.4 Å². The van der Waals surface area contributed by atoms with Gasteiger partial charge in [-0.3, -0.25) is 9.52 Å². The second-order valence-corrected chi connectivity index (χ2v) is 8.62. The van der Waals surface area contributed by atoms with Gasteiger partial charge in [0.25, 0.3) is 15.9 Å². The lowest BCUT2D eigenvalue weighted by atomic mass is 10.2. The summed E-state index contributed by atoms with van der Waals surface area (Å²) in [7, 11) is 0.395. The van der Waals surface area contributed by atoms with Gasteiger partial charge in [0.15, 0.2) is 11.5 Å². The topological polar surface area (TPSA) is 103 Å². The van der Waals surface area contributed by atoms with Crippen LogP contribution in [0.25, 0.3) is 0 Å². The van der Waals surface area contributed by atoms with Crippen molar-refractivity contribution in [2.75, 3.05) is 31.4 Å².